The van der Waals surface area contributed by atoms with Gasteiger partial charge in [-0.05, 0) is 49.7 Å². The Kier molecular flexibility index (Phi) is 5.28. The van der Waals surface area contributed by atoms with Crippen LogP contribution in [0.25, 0.3) is 11.4 Å². The first-order chi connectivity index (χ1) is 13.1. The number of carbonyl (C=O) groups is 1. The van der Waals surface area contributed by atoms with Gasteiger partial charge in [-0.3, -0.25) is 4.90 Å². The van der Waals surface area contributed by atoms with Crippen molar-refractivity contribution in [3.63, 3.8) is 0 Å². The number of rotatable bonds is 4. The fourth-order valence-corrected chi connectivity index (χ4v) is 3.38. The number of tetrazole rings is 1. The van der Waals surface area contributed by atoms with Crippen LogP contribution in [0.3, 0.4) is 0 Å². The second-order valence-electron chi connectivity index (χ2n) is 7.23. The molecule has 1 saturated heterocycles. The number of alkyl halides is 3. The van der Waals surface area contributed by atoms with E-state index in [4.69, 9.17) is 5.11 Å². The van der Waals surface area contributed by atoms with E-state index in [0.717, 1.165) is 12.1 Å². The molecule has 0 spiro atoms. The van der Waals surface area contributed by atoms with Gasteiger partial charge in [-0.15, -0.1) is 10.2 Å². The van der Waals surface area contributed by atoms with Crippen molar-refractivity contribution in [1.29, 1.82) is 0 Å². The molecule has 152 valence electrons. The molecule has 0 aliphatic carbocycles. The molecule has 1 aromatic heterocycles. The minimum Gasteiger partial charge on any atom is -0.465 e. The maximum atomic E-state index is 13.1. The zero-order valence-electron chi connectivity index (χ0n) is 15.5. The first-order valence-electron chi connectivity index (χ1n) is 8.73. The summed E-state index contributed by atoms with van der Waals surface area (Å²) >= 11 is 0. The zero-order valence-corrected chi connectivity index (χ0v) is 15.5. The number of piperidine rings is 1. The molecule has 1 aliphatic rings. The number of amides is 1. The van der Waals surface area contributed by atoms with Crippen molar-refractivity contribution in [1.82, 2.24) is 30.4 Å². The SMILES string of the molecule is CN(Cc1ccc(C(F)(F)F)cc1-c1nn[nH]n1)C1(C)CCN(C(=O)O)CC1. The van der Waals surface area contributed by atoms with Crippen molar-refractivity contribution >= 4 is 6.09 Å². The van der Waals surface area contributed by atoms with Gasteiger partial charge in [-0.1, -0.05) is 6.07 Å². The van der Waals surface area contributed by atoms with Crippen LogP contribution < -0.4 is 0 Å². The molecule has 0 radical (unpaired) electrons. The first-order valence-corrected chi connectivity index (χ1v) is 8.73. The van der Waals surface area contributed by atoms with E-state index < -0.39 is 17.8 Å². The van der Waals surface area contributed by atoms with Gasteiger partial charge in [-0.25, -0.2) is 4.79 Å². The van der Waals surface area contributed by atoms with Crippen LogP contribution >= 0.6 is 0 Å². The van der Waals surface area contributed by atoms with Crippen molar-refractivity contribution in [2.45, 2.75) is 38.0 Å². The van der Waals surface area contributed by atoms with Gasteiger partial charge in [0, 0.05) is 30.7 Å². The normalized spacial score (nSPS) is 17.1. The smallest absolute Gasteiger partial charge is 0.416 e. The fourth-order valence-electron chi connectivity index (χ4n) is 3.38. The minimum atomic E-state index is -4.47. The predicted octanol–water partition coefficient (Wildman–Crippen LogP) is 2.85. The molecule has 3 rings (SSSR count). The highest BCUT2D eigenvalue weighted by Crippen LogP contribution is 2.35. The second-order valence-corrected chi connectivity index (χ2v) is 7.23. The van der Waals surface area contributed by atoms with E-state index in [-0.39, 0.29) is 16.9 Å². The molecule has 0 unspecified atom stereocenters. The van der Waals surface area contributed by atoms with Gasteiger partial charge in [0.25, 0.3) is 0 Å². The molecule has 2 heterocycles. The zero-order chi connectivity index (χ0) is 20.5. The first kappa shape index (κ1) is 20.1. The van der Waals surface area contributed by atoms with Gasteiger partial charge in [0.05, 0.1) is 5.56 Å². The quantitative estimate of drug-likeness (QED) is 0.822. The van der Waals surface area contributed by atoms with Crippen LogP contribution in [-0.4, -0.2) is 67.3 Å². The van der Waals surface area contributed by atoms with Crippen LogP contribution in [0.2, 0.25) is 0 Å². The number of nitrogens with zero attached hydrogens (tertiary/aromatic N) is 5. The number of hydrogen-bond donors (Lipinski definition) is 2. The molecule has 28 heavy (non-hydrogen) atoms. The van der Waals surface area contributed by atoms with Crippen LogP contribution in [0, 0.1) is 0 Å². The van der Waals surface area contributed by atoms with Gasteiger partial charge in [0.2, 0.25) is 5.82 Å². The van der Waals surface area contributed by atoms with E-state index in [1.54, 1.807) is 0 Å². The summed E-state index contributed by atoms with van der Waals surface area (Å²) in [7, 11) is 1.88. The van der Waals surface area contributed by atoms with Crippen molar-refractivity contribution in [3.05, 3.63) is 29.3 Å². The van der Waals surface area contributed by atoms with E-state index in [2.05, 4.69) is 20.6 Å². The molecule has 2 aromatic rings. The van der Waals surface area contributed by atoms with E-state index in [1.807, 2.05) is 18.9 Å². The lowest BCUT2D eigenvalue weighted by atomic mass is 9.87. The Hall–Kier alpha value is -2.69. The molecular weight excluding hydrogens is 377 g/mol. The van der Waals surface area contributed by atoms with E-state index in [1.165, 1.54) is 11.0 Å². The van der Waals surface area contributed by atoms with Gasteiger partial charge in [0.15, 0.2) is 0 Å². The molecular formula is C17H21F3N6O2. The molecule has 1 fully saturated rings. The summed E-state index contributed by atoms with van der Waals surface area (Å²) in [4.78, 5) is 14.5. The number of aromatic amines is 1. The lowest BCUT2D eigenvalue weighted by Gasteiger charge is -2.44. The van der Waals surface area contributed by atoms with Crippen molar-refractivity contribution in [2.75, 3.05) is 20.1 Å². The summed E-state index contributed by atoms with van der Waals surface area (Å²) in [6.07, 6.45) is -4.15. The van der Waals surface area contributed by atoms with Gasteiger partial charge < -0.3 is 10.0 Å². The molecule has 1 amide bonds. The summed E-state index contributed by atoms with van der Waals surface area (Å²) in [6, 6.07) is 3.51. The summed E-state index contributed by atoms with van der Waals surface area (Å²) in [6.45, 7) is 3.23. The summed E-state index contributed by atoms with van der Waals surface area (Å²) in [5.41, 5.74) is -0.149. The Morgan fingerprint density at radius 2 is 2.04 bits per heavy atom. The van der Waals surface area contributed by atoms with Gasteiger partial charge in [0.1, 0.15) is 0 Å². The predicted molar refractivity (Wildman–Crippen MR) is 93.3 cm³/mol. The van der Waals surface area contributed by atoms with Crippen LogP contribution in [0.4, 0.5) is 18.0 Å². The Bertz CT molecular complexity index is 832. The van der Waals surface area contributed by atoms with E-state index in [9.17, 15) is 18.0 Å². The van der Waals surface area contributed by atoms with Gasteiger partial charge >= 0.3 is 12.3 Å². The third kappa shape index (κ3) is 4.08. The average Bonchev–Trinajstić information content (AvgIpc) is 3.16. The molecule has 0 bridgehead atoms. The molecule has 8 nitrogen and oxygen atoms in total. The van der Waals surface area contributed by atoms with Crippen molar-refractivity contribution < 1.29 is 23.1 Å². The second kappa shape index (κ2) is 7.38. The van der Waals surface area contributed by atoms with E-state index >= 15 is 0 Å². The standard InChI is InChI=1S/C17H21F3N6O2/c1-16(5-7-26(8-6-16)15(27)28)25(2)10-11-3-4-12(17(18,19)20)9-13(11)14-21-23-24-22-14/h3-4,9H,5-8,10H2,1-2H3,(H,27,28)(H,21,22,23,24). The largest absolute Gasteiger partial charge is 0.465 e. The topological polar surface area (TPSA) is 98.2 Å². The van der Waals surface area contributed by atoms with Crippen LogP contribution in [0.1, 0.15) is 30.9 Å². The number of aromatic nitrogens is 4. The molecule has 2 N–H and O–H groups in total. The highest BCUT2D eigenvalue weighted by Gasteiger charge is 2.36. The Morgan fingerprint density at radius 3 is 2.57 bits per heavy atom. The Labute approximate surface area is 159 Å². The third-order valence-corrected chi connectivity index (χ3v) is 5.46. The number of carboxylic acid groups (broad SMARTS) is 1. The maximum Gasteiger partial charge on any atom is 0.416 e. The molecule has 1 aliphatic heterocycles. The summed E-state index contributed by atoms with van der Waals surface area (Å²) in [5.74, 6) is 0.0975. The molecule has 0 atom stereocenters. The number of halogens is 3. The molecule has 0 saturated carbocycles. The minimum absolute atomic E-state index is 0.0975. The number of likely N-dealkylation sites (tertiary alicyclic amines) is 1. The van der Waals surface area contributed by atoms with Crippen molar-refractivity contribution in [2.24, 2.45) is 0 Å². The lowest BCUT2D eigenvalue weighted by Crippen LogP contribution is -2.52. The fraction of sp³-hybridized carbons (Fsp3) is 0.529. The van der Waals surface area contributed by atoms with Crippen molar-refractivity contribution in [3.8, 4) is 11.4 Å². The Morgan fingerprint density at radius 1 is 1.36 bits per heavy atom. The van der Waals surface area contributed by atoms with Crippen LogP contribution in [0.15, 0.2) is 18.2 Å². The molecule has 1 aromatic carbocycles. The van der Waals surface area contributed by atoms with Crippen LogP contribution in [-0.2, 0) is 12.7 Å². The summed E-state index contributed by atoms with van der Waals surface area (Å²) < 4.78 is 39.4. The third-order valence-electron chi connectivity index (χ3n) is 5.46. The monoisotopic (exact) mass is 398 g/mol. The number of H-pyrrole nitrogens is 1. The number of hydrogen-bond acceptors (Lipinski definition) is 5. The lowest BCUT2D eigenvalue weighted by molar-refractivity contribution is -0.137. The highest BCUT2D eigenvalue weighted by atomic mass is 19.4. The van der Waals surface area contributed by atoms with Gasteiger partial charge in [-0.2, -0.15) is 18.4 Å². The van der Waals surface area contributed by atoms with E-state index in [0.29, 0.717) is 38.0 Å². The Balaban J connectivity index is 1.84. The molecule has 11 heteroatoms. The van der Waals surface area contributed by atoms with Crippen LogP contribution in [0.5, 0.6) is 0 Å². The summed E-state index contributed by atoms with van der Waals surface area (Å²) in [5, 5.41) is 22.5. The average molecular weight is 398 g/mol. The number of benzene rings is 1. The number of nitrogens with one attached hydrogen (secondary N) is 1. The highest BCUT2D eigenvalue weighted by molar-refractivity contribution is 5.65. The maximum absolute atomic E-state index is 13.1.